The normalized spacial score (nSPS) is 10.9. The summed E-state index contributed by atoms with van der Waals surface area (Å²) in [6.45, 7) is 0. The molecule has 0 aliphatic heterocycles. The van der Waals surface area contributed by atoms with E-state index in [9.17, 15) is 8.42 Å². The Hall–Kier alpha value is -2.30. The van der Waals surface area contributed by atoms with Gasteiger partial charge in [-0.3, -0.25) is 4.31 Å². The van der Waals surface area contributed by atoms with Crippen LogP contribution in [0.2, 0.25) is 5.02 Å². The molecule has 0 radical (unpaired) electrons. The number of nitrogens with zero attached hydrogens (tertiary/aromatic N) is 3. The van der Waals surface area contributed by atoms with Crippen molar-refractivity contribution in [2.75, 3.05) is 17.1 Å². The third-order valence-corrected chi connectivity index (χ3v) is 4.83. The van der Waals surface area contributed by atoms with Crippen LogP contribution in [-0.2, 0) is 10.0 Å². The number of nitrogen functional groups attached to an aromatic ring is 1. The molecule has 0 saturated heterocycles. The lowest BCUT2D eigenvalue weighted by Gasteiger charge is -2.21. The zero-order chi connectivity index (χ0) is 15.6. The first-order valence-corrected chi connectivity index (χ1v) is 7.58. The molecular formula is C13H11ClN4O2S. The lowest BCUT2D eigenvalue weighted by atomic mass is 10.3. The maximum atomic E-state index is 12.5. The largest absolute Gasteiger partial charge is 0.397 e. The molecule has 0 amide bonds. The molecule has 1 heterocycles. The topological polar surface area (TPSA) is 100 Å². The van der Waals surface area contributed by atoms with Crippen molar-refractivity contribution >= 4 is 33.0 Å². The van der Waals surface area contributed by atoms with Gasteiger partial charge in [0.2, 0.25) is 0 Å². The minimum Gasteiger partial charge on any atom is -0.397 e. The number of halogens is 1. The first kappa shape index (κ1) is 15.1. The van der Waals surface area contributed by atoms with E-state index in [2.05, 4.69) is 4.98 Å². The van der Waals surface area contributed by atoms with Crippen LogP contribution in [-0.4, -0.2) is 20.4 Å². The number of nitriles is 1. The van der Waals surface area contributed by atoms with E-state index in [0.717, 1.165) is 10.5 Å². The molecule has 21 heavy (non-hydrogen) atoms. The molecule has 0 saturated carbocycles. The van der Waals surface area contributed by atoms with Crippen molar-refractivity contribution in [3.63, 3.8) is 0 Å². The van der Waals surface area contributed by atoms with Gasteiger partial charge < -0.3 is 5.73 Å². The molecule has 2 rings (SSSR count). The summed E-state index contributed by atoms with van der Waals surface area (Å²) in [7, 11) is -2.46. The van der Waals surface area contributed by atoms with Gasteiger partial charge in [0.1, 0.15) is 16.7 Å². The number of hydrogen-bond acceptors (Lipinski definition) is 5. The Kier molecular flexibility index (Phi) is 4.02. The zero-order valence-electron chi connectivity index (χ0n) is 11.0. The molecule has 0 bridgehead atoms. The first-order chi connectivity index (χ1) is 9.86. The third-order valence-electron chi connectivity index (χ3n) is 2.84. The minimum atomic E-state index is -3.83. The zero-order valence-corrected chi connectivity index (χ0v) is 12.6. The van der Waals surface area contributed by atoms with Gasteiger partial charge in [-0.05, 0) is 30.3 Å². The van der Waals surface area contributed by atoms with Crippen LogP contribution in [0.1, 0.15) is 5.69 Å². The predicted molar refractivity (Wildman–Crippen MR) is 80.4 cm³/mol. The predicted octanol–water partition coefficient (Wildman–Crippen LogP) is 2.01. The Morgan fingerprint density at radius 1 is 1.33 bits per heavy atom. The van der Waals surface area contributed by atoms with Crippen molar-refractivity contribution in [1.82, 2.24) is 4.98 Å². The van der Waals surface area contributed by atoms with Gasteiger partial charge in [-0.2, -0.15) is 5.26 Å². The van der Waals surface area contributed by atoms with Crippen molar-refractivity contribution in [2.24, 2.45) is 0 Å². The van der Waals surface area contributed by atoms with E-state index in [1.54, 1.807) is 6.07 Å². The maximum absolute atomic E-state index is 12.5. The molecule has 2 aromatic rings. The lowest BCUT2D eigenvalue weighted by molar-refractivity contribution is 0.594. The van der Waals surface area contributed by atoms with Gasteiger partial charge in [0.25, 0.3) is 10.0 Å². The van der Waals surface area contributed by atoms with Gasteiger partial charge in [0, 0.05) is 18.3 Å². The van der Waals surface area contributed by atoms with Gasteiger partial charge in [0.05, 0.1) is 11.4 Å². The Bertz CT molecular complexity index is 813. The maximum Gasteiger partial charge on any atom is 0.265 e. The molecule has 1 aromatic carbocycles. The van der Waals surface area contributed by atoms with Gasteiger partial charge in [0.15, 0.2) is 0 Å². The average molecular weight is 323 g/mol. The highest BCUT2D eigenvalue weighted by Crippen LogP contribution is 2.29. The number of aromatic nitrogens is 1. The highest BCUT2D eigenvalue weighted by Gasteiger charge is 2.23. The van der Waals surface area contributed by atoms with Crippen LogP contribution in [0, 0.1) is 11.3 Å². The smallest absolute Gasteiger partial charge is 0.265 e. The van der Waals surface area contributed by atoms with E-state index in [-0.39, 0.29) is 22.0 Å². The van der Waals surface area contributed by atoms with Gasteiger partial charge in [-0.15, -0.1) is 0 Å². The number of sulfonamides is 1. The molecule has 0 aliphatic carbocycles. The molecule has 6 nitrogen and oxygen atoms in total. The summed E-state index contributed by atoms with van der Waals surface area (Å²) in [6.07, 6.45) is 1.13. The van der Waals surface area contributed by atoms with E-state index in [4.69, 9.17) is 22.6 Å². The van der Waals surface area contributed by atoms with Gasteiger partial charge in [-0.1, -0.05) is 11.6 Å². The summed E-state index contributed by atoms with van der Waals surface area (Å²) < 4.78 is 26.0. The SMILES string of the molecule is CN(c1cc(Cl)ccc1N)S(=O)(=O)c1ccc(C#N)nc1. The summed E-state index contributed by atoms with van der Waals surface area (Å²) in [4.78, 5) is 3.72. The summed E-state index contributed by atoms with van der Waals surface area (Å²) in [6, 6.07) is 9.04. The first-order valence-electron chi connectivity index (χ1n) is 5.76. The van der Waals surface area contributed by atoms with E-state index in [1.165, 1.54) is 31.3 Å². The third kappa shape index (κ3) is 2.91. The molecule has 0 unspecified atom stereocenters. The number of anilines is 2. The van der Waals surface area contributed by atoms with E-state index in [0.29, 0.717) is 5.02 Å². The highest BCUT2D eigenvalue weighted by molar-refractivity contribution is 7.92. The van der Waals surface area contributed by atoms with Crippen LogP contribution in [0.3, 0.4) is 0 Å². The average Bonchev–Trinajstić information content (AvgIpc) is 2.49. The second-order valence-electron chi connectivity index (χ2n) is 4.17. The fraction of sp³-hybridized carbons (Fsp3) is 0.0769. The lowest BCUT2D eigenvalue weighted by Crippen LogP contribution is -2.27. The summed E-state index contributed by atoms with van der Waals surface area (Å²) >= 11 is 5.87. The fourth-order valence-electron chi connectivity index (χ4n) is 1.68. The molecular weight excluding hydrogens is 312 g/mol. The molecule has 2 N–H and O–H groups in total. The molecule has 1 aromatic heterocycles. The number of benzene rings is 1. The molecule has 0 aliphatic rings. The van der Waals surface area contributed by atoms with Crippen LogP contribution in [0.5, 0.6) is 0 Å². The Morgan fingerprint density at radius 3 is 2.62 bits per heavy atom. The highest BCUT2D eigenvalue weighted by atomic mass is 35.5. The van der Waals surface area contributed by atoms with Gasteiger partial charge in [-0.25, -0.2) is 13.4 Å². The van der Waals surface area contributed by atoms with Gasteiger partial charge >= 0.3 is 0 Å². The molecule has 0 atom stereocenters. The fourth-order valence-corrected chi connectivity index (χ4v) is 3.00. The second-order valence-corrected chi connectivity index (χ2v) is 6.57. The Balaban J connectivity index is 2.47. The van der Waals surface area contributed by atoms with E-state index >= 15 is 0 Å². The Labute approximate surface area is 127 Å². The Morgan fingerprint density at radius 2 is 2.05 bits per heavy atom. The van der Waals surface area contributed by atoms with Crippen molar-refractivity contribution in [3.8, 4) is 6.07 Å². The van der Waals surface area contributed by atoms with Crippen molar-refractivity contribution in [2.45, 2.75) is 4.90 Å². The standard InChI is InChI=1S/C13H11ClN4O2S/c1-18(13-6-9(14)2-5-12(13)16)21(19,20)11-4-3-10(7-15)17-8-11/h2-6,8H,16H2,1H3. The summed E-state index contributed by atoms with van der Waals surface area (Å²) in [5, 5.41) is 9.06. The van der Waals surface area contributed by atoms with Crippen molar-refractivity contribution < 1.29 is 8.42 Å². The molecule has 0 spiro atoms. The molecule has 108 valence electrons. The minimum absolute atomic E-state index is 0.0385. The van der Waals surface area contributed by atoms with Crippen LogP contribution >= 0.6 is 11.6 Å². The van der Waals surface area contributed by atoms with E-state index < -0.39 is 10.0 Å². The number of pyridine rings is 1. The number of hydrogen-bond donors (Lipinski definition) is 1. The molecule has 8 heteroatoms. The van der Waals surface area contributed by atoms with Crippen LogP contribution in [0.25, 0.3) is 0 Å². The quantitative estimate of drug-likeness (QED) is 0.871. The van der Waals surface area contributed by atoms with Crippen molar-refractivity contribution in [3.05, 3.63) is 47.2 Å². The number of nitrogens with two attached hydrogens (primary N) is 1. The van der Waals surface area contributed by atoms with Crippen LogP contribution in [0.15, 0.2) is 41.4 Å². The monoisotopic (exact) mass is 322 g/mol. The van der Waals surface area contributed by atoms with Crippen molar-refractivity contribution in [1.29, 1.82) is 5.26 Å². The van der Waals surface area contributed by atoms with Crippen LogP contribution in [0.4, 0.5) is 11.4 Å². The molecule has 0 fully saturated rings. The second kappa shape index (κ2) is 5.60. The van der Waals surface area contributed by atoms with Crippen LogP contribution < -0.4 is 10.0 Å². The summed E-state index contributed by atoms with van der Waals surface area (Å²) in [5.41, 5.74) is 6.48. The van der Waals surface area contributed by atoms with E-state index in [1.807, 2.05) is 6.07 Å². The number of rotatable bonds is 3. The summed E-state index contributed by atoms with van der Waals surface area (Å²) in [5.74, 6) is 0.